The van der Waals surface area contributed by atoms with Crippen LogP contribution in [0.5, 0.6) is 0 Å². The first-order chi connectivity index (χ1) is 16.7. The highest BCUT2D eigenvalue weighted by Gasteiger charge is 2.19. The van der Waals surface area contributed by atoms with Gasteiger partial charge in [0.15, 0.2) is 11.2 Å². The molecular weight excluding hydrogens is 472 g/mol. The summed E-state index contributed by atoms with van der Waals surface area (Å²) >= 11 is 6.31. The molecule has 0 spiro atoms. The highest BCUT2D eigenvalue weighted by Crippen LogP contribution is 2.26. The summed E-state index contributed by atoms with van der Waals surface area (Å²) in [4.78, 5) is 43.3. The number of carboxylic acid groups (broad SMARTS) is 1. The van der Waals surface area contributed by atoms with Gasteiger partial charge in [0, 0.05) is 59.8 Å². The van der Waals surface area contributed by atoms with Crippen LogP contribution >= 0.6 is 11.6 Å². The monoisotopic (exact) mass is 504 g/mol. The molecule has 1 aliphatic heterocycles. The molecule has 4 rings (SSSR count). The minimum Gasteiger partial charge on any atom is -0.481 e. The Labute approximate surface area is 209 Å². The molecule has 35 heavy (non-hydrogen) atoms. The summed E-state index contributed by atoms with van der Waals surface area (Å²) in [6.07, 6.45) is 3.73. The number of carboxylic acids is 1. The first kappa shape index (κ1) is 26.5. The number of benzene rings is 1. The zero-order valence-electron chi connectivity index (χ0n) is 20.5. The van der Waals surface area contributed by atoms with Gasteiger partial charge in [0.25, 0.3) is 5.56 Å². The number of carbonyl (C=O) groups is 1. The van der Waals surface area contributed by atoms with Gasteiger partial charge in [-0.3, -0.25) is 23.6 Å². The Morgan fingerprint density at radius 1 is 1.06 bits per heavy atom. The number of piperazine rings is 1. The topological polar surface area (TPSA) is 106 Å². The van der Waals surface area contributed by atoms with Crippen molar-refractivity contribution in [3.05, 3.63) is 56.5 Å². The maximum atomic E-state index is 12.5. The van der Waals surface area contributed by atoms with E-state index in [0.29, 0.717) is 24.1 Å². The summed E-state index contributed by atoms with van der Waals surface area (Å²) in [7, 11) is 3.13. The quantitative estimate of drug-likeness (QED) is 0.525. The number of anilines is 1. The molecule has 1 N–H and O–H groups in total. The van der Waals surface area contributed by atoms with Crippen LogP contribution in [-0.2, 0) is 25.4 Å². The molecule has 0 amide bonds. The van der Waals surface area contributed by atoms with Gasteiger partial charge >= 0.3 is 11.7 Å². The molecule has 10 nitrogen and oxygen atoms in total. The fourth-order valence-corrected chi connectivity index (χ4v) is 4.32. The average Bonchev–Trinajstić information content (AvgIpc) is 3.29. The number of para-hydroxylation sites is 1. The van der Waals surface area contributed by atoms with Gasteiger partial charge in [-0.1, -0.05) is 37.1 Å². The lowest BCUT2D eigenvalue weighted by atomic mass is 10.2. The second-order valence-corrected chi connectivity index (χ2v) is 9.00. The summed E-state index contributed by atoms with van der Waals surface area (Å²) in [6, 6.07) is 7.92. The van der Waals surface area contributed by atoms with Crippen LogP contribution in [0.4, 0.5) is 5.69 Å². The van der Waals surface area contributed by atoms with Crippen molar-refractivity contribution in [3.8, 4) is 0 Å². The maximum absolute atomic E-state index is 12.5. The number of fused-ring (bicyclic) bond motifs is 1. The van der Waals surface area contributed by atoms with Crippen LogP contribution in [0.1, 0.15) is 26.2 Å². The van der Waals surface area contributed by atoms with Crippen LogP contribution in [0.25, 0.3) is 11.2 Å². The van der Waals surface area contributed by atoms with E-state index in [2.05, 4.69) is 20.9 Å². The van der Waals surface area contributed by atoms with Crippen LogP contribution in [0.2, 0.25) is 5.02 Å². The summed E-state index contributed by atoms with van der Waals surface area (Å²) in [5.41, 5.74) is 1.31. The first-order valence-electron chi connectivity index (χ1n) is 11.8. The summed E-state index contributed by atoms with van der Waals surface area (Å²) in [5.74, 6) is -0.693. The van der Waals surface area contributed by atoms with E-state index in [9.17, 15) is 14.4 Å². The van der Waals surface area contributed by atoms with Gasteiger partial charge < -0.3 is 14.6 Å². The fourth-order valence-electron chi connectivity index (χ4n) is 4.06. The molecular formula is C24H33ClN6O4. The van der Waals surface area contributed by atoms with Crippen molar-refractivity contribution in [3.63, 3.8) is 0 Å². The summed E-state index contributed by atoms with van der Waals surface area (Å²) in [5, 5.41) is 8.82. The van der Waals surface area contributed by atoms with E-state index in [1.54, 1.807) is 13.4 Å². The van der Waals surface area contributed by atoms with Crippen LogP contribution < -0.4 is 16.1 Å². The van der Waals surface area contributed by atoms with Crippen molar-refractivity contribution >= 4 is 34.4 Å². The Hall–Kier alpha value is -3.11. The predicted molar refractivity (Wildman–Crippen MR) is 137 cm³/mol. The van der Waals surface area contributed by atoms with E-state index >= 15 is 0 Å². The molecule has 3 aromatic rings. The lowest BCUT2D eigenvalue weighted by Gasteiger charge is -2.36. The van der Waals surface area contributed by atoms with Gasteiger partial charge in [0.2, 0.25) is 0 Å². The predicted octanol–water partition coefficient (Wildman–Crippen LogP) is 2.17. The number of halogens is 1. The van der Waals surface area contributed by atoms with Crippen molar-refractivity contribution in [2.24, 2.45) is 14.1 Å². The van der Waals surface area contributed by atoms with Gasteiger partial charge in [-0.15, -0.1) is 0 Å². The molecule has 1 saturated heterocycles. The number of hydrogen-bond acceptors (Lipinski definition) is 6. The molecule has 0 aliphatic carbocycles. The van der Waals surface area contributed by atoms with Gasteiger partial charge in [-0.25, -0.2) is 9.78 Å². The second-order valence-electron chi connectivity index (χ2n) is 8.59. The summed E-state index contributed by atoms with van der Waals surface area (Å²) < 4.78 is 4.38. The molecule has 1 aliphatic rings. The lowest BCUT2D eigenvalue weighted by Crippen LogP contribution is -2.47. The lowest BCUT2D eigenvalue weighted by molar-refractivity contribution is -0.137. The van der Waals surface area contributed by atoms with Gasteiger partial charge in [-0.05, 0) is 18.6 Å². The largest absolute Gasteiger partial charge is 0.481 e. The Kier molecular flexibility index (Phi) is 9.11. The molecule has 1 fully saturated rings. The van der Waals surface area contributed by atoms with E-state index in [4.69, 9.17) is 16.7 Å². The second kappa shape index (κ2) is 12.0. The minimum atomic E-state index is -0.693. The third-order valence-electron chi connectivity index (χ3n) is 6.18. The minimum absolute atomic E-state index is 0.306. The van der Waals surface area contributed by atoms with Crippen LogP contribution in [0, 0.1) is 0 Å². The van der Waals surface area contributed by atoms with Gasteiger partial charge in [-0.2, -0.15) is 0 Å². The molecule has 11 heteroatoms. The van der Waals surface area contributed by atoms with Gasteiger partial charge in [0.1, 0.15) is 0 Å². The molecule has 0 atom stereocenters. The zero-order valence-corrected chi connectivity index (χ0v) is 21.2. The number of unbranched alkanes of at least 4 members (excludes halogenated alkanes) is 1. The van der Waals surface area contributed by atoms with E-state index in [1.807, 2.05) is 29.7 Å². The van der Waals surface area contributed by atoms with Crippen molar-refractivity contribution in [2.45, 2.75) is 32.7 Å². The Bertz CT molecular complexity index is 1270. The average molecular weight is 505 g/mol. The maximum Gasteiger partial charge on any atom is 0.332 e. The number of hydrogen-bond donors (Lipinski definition) is 1. The molecule has 0 bridgehead atoms. The van der Waals surface area contributed by atoms with Crippen molar-refractivity contribution in [1.82, 2.24) is 23.6 Å². The number of nitrogens with zero attached hydrogens (tertiary/aromatic N) is 6. The number of aliphatic carboxylic acids is 1. The number of aryl methyl sites for hydroxylation is 1. The highest BCUT2D eigenvalue weighted by molar-refractivity contribution is 6.33. The van der Waals surface area contributed by atoms with Crippen molar-refractivity contribution < 1.29 is 9.90 Å². The van der Waals surface area contributed by atoms with E-state index in [1.165, 1.54) is 11.6 Å². The Morgan fingerprint density at radius 2 is 1.74 bits per heavy atom. The third-order valence-corrected chi connectivity index (χ3v) is 6.50. The zero-order chi connectivity index (χ0) is 25.5. The molecule has 0 radical (unpaired) electrons. The highest BCUT2D eigenvalue weighted by atomic mass is 35.5. The SMILES string of the molecule is CCCCC(=O)O.Cn1c(=O)c2c(ncn2CCN2CCN(c3ccccc3Cl)CC2)n(C)c1=O. The van der Waals surface area contributed by atoms with Crippen molar-refractivity contribution in [2.75, 3.05) is 37.6 Å². The van der Waals surface area contributed by atoms with Crippen molar-refractivity contribution in [1.29, 1.82) is 0 Å². The molecule has 0 saturated carbocycles. The normalized spacial score (nSPS) is 14.1. The molecule has 190 valence electrons. The number of imidazole rings is 1. The summed E-state index contributed by atoms with van der Waals surface area (Å²) in [6.45, 7) is 7.10. The van der Waals surface area contributed by atoms with E-state index in [-0.39, 0.29) is 11.2 Å². The number of rotatable bonds is 7. The van der Waals surface area contributed by atoms with Gasteiger partial charge in [0.05, 0.1) is 17.0 Å². The van der Waals surface area contributed by atoms with Crippen LogP contribution in [0.15, 0.2) is 40.2 Å². The smallest absolute Gasteiger partial charge is 0.332 e. The fraction of sp³-hybridized carbons (Fsp3) is 0.500. The standard InChI is InChI=1S/C19H23ClN6O2.C5H10O2/c1-22-17-16(18(27)23(2)19(22)28)26(13-21-17)12-9-24-7-10-25(11-8-24)15-6-4-3-5-14(15)20;1-2-3-4-5(6)7/h3-6,13H,7-12H2,1-2H3;2-4H2,1H3,(H,6,7). The Morgan fingerprint density at radius 3 is 2.34 bits per heavy atom. The molecule has 2 aromatic heterocycles. The molecule has 0 unspecified atom stereocenters. The third kappa shape index (κ3) is 6.32. The first-order valence-corrected chi connectivity index (χ1v) is 12.2. The molecule has 1 aromatic carbocycles. The van der Waals surface area contributed by atoms with E-state index in [0.717, 1.165) is 60.8 Å². The molecule has 3 heterocycles. The van der Waals surface area contributed by atoms with E-state index < -0.39 is 5.97 Å². The number of aromatic nitrogens is 4. The Balaban J connectivity index is 0.000000429. The van der Waals surface area contributed by atoms with Crippen LogP contribution in [0.3, 0.4) is 0 Å². The van der Waals surface area contributed by atoms with Crippen LogP contribution in [-0.4, -0.2) is 67.4 Å².